The molecule has 0 aliphatic carbocycles. The first-order valence-corrected chi connectivity index (χ1v) is 11.8. The van der Waals surface area contributed by atoms with Crippen molar-refractivity contribution in [2.24, 2.45) is 0 Å². The number of fused-ring (bicyclic) bond motifs is 1. The average Bonchev–Trinajstić information content (AvgIpc) is 3.44. The Labute approximate surface area is 201 Å². The van der Waals surface area contributed by atoms with E-state index in [1.165, 1.54) is 11.3 Å². The molecule has 0 aliphatic heterocycles. The number of benzene rings is 2. The lowest BCUT2D eigenvalue weighted by Crippen LogP contribution is -2.03. The van der Waals surface area contributed by atoms with Gasteiger partial charge in [0.15, 0.2) is 0 Å². The van der Waals surface area contributed by atoms with Crippen LogP contribution in [0.2, 0.25) is 0 Å². The van der Waals surface area contributed by atoms with Crippen LogP contribution in [0.3, 0.4) is 0 Å². The van der Waals surface area contributed by atoms with Crippen molar-refractivity contribution in [3.05, 3.63) is 95.1 Å². The number of nitrogens with zero attached hydrogens (tertiary/aromatic N) is 3. The van der Waals surface area contributed by atoms with Gasteiger partial charge >= 0.3 is 5.97 Å². The predicted octanol–water partition coefficient (Wildman–Crippen LogP) is 6.19. The molecule has 0 aliphatic rings. The van der Waals surface area contributed by atoms with Crippen LogP contribution in [0.5, 0.6) is 5.75 Å². The third kappa shape index (κ3) is 4.30. The van der Waals surface area contributed by atoms with E-state index in [9.17, 15) is 4.79 Å². The number of aryl methyl sites for hydroxylation is 1. The molecular formula is C27H23N3O3S. The maximum absolute atomic E-state index is 12.8. The fourth-order valence-corrected chi connectivity index (χ4v) is 4.88. The Morgan fingerprint density at radius 3 is 2.50 bits per heavy atom. The number of rotatable bonds is 7. The van der Waals surface area contributed by atoms with Gasteiger partial charge in [0.1, 0.15) is 22.2 Å². The van der Waals surface area contributed by atoms with E-state index in [2.05, 4.69) is 5.10 Å². The predicted molar refractivity (Wildman–Crippen MR) is 133 cm³/mol. The maximum Gasteiger partial charge on any atom is 0.350 e. The molecule has 3 heterocycles. The van der Waals surface area contributed by atoms with Crippen LogP contribution in [0.15, 0.2) is 79.0 Å². The summed E-state index contributed by atoms with van der Waals surface area (Å²) in [4.78, 5) is 18.1. The second-order valence-corrected chi connectivity index (χ2v) is 8.71. The number of thiazole rings is 1. The number of esters is 1. The summed E-state index contributed by atoms with van der Waals surface area (Å²) in [5, 5.41) is 5.37. The largest absolute Gasteiger partial charge is 0.489 e. The van der Waals surface area contributed by atoms with Gasteiger partial charge in [0.2, 0.25) is 0 Å². The molecule has 5 aromatic rings. The minimum Gasteiger partial charge on any atom is -0.489 e. The van der Waals surface area contributed by atoms with Crippen LogP contribution in [0, 0.1) is 6.92 Å². The Hall–Kier alpha value is -3.97. The smallest absolute Gasteiger partial charge is 0.350 e. The van der Waals surface area contributed by atoms with Crippen molar-refractivity contribution in [1.29, 1.82) is 0 Å². The second-order valence-electron chi connectivity index (χ2n) is 7.71. The van der Waals surface area contributed by atoms with E-state index < -0.39 is 0 Å². The van der Waals surface area contributed by atoms with E-state index >= 15 is 0 Å². The van der Waals surface area contributed by atoms with Crippen molar-refractivity contribution >= 4 is 22.8 Å². The third-order valence-electron chi connectivity index (χ3n) is 5.38. The molecule has 0 unspecified atom stereocenters. The fraction of sp³-hybridized carbons (Fsp3) is 0.148. The van der Waals surface area contributed by atoms with Gasteiger partial charge in [-0.15, -0.1) is 11.3 Å². The molecule has 0 spiro atoms. The number of carbonyl (C=O) groups excluding carboxylic acids is 1. The molecule has 2 aromatic carbocycles. The van der Waals surface area contributed by atoms with Crippen LogP contribution >= 0.6 is 11.3 Å². The van der Waals surface area contributed by atoms with Crippen molar-refractivity contribution in [3.8, 4) is 27.6 Å². The van der Waals surface area contributed by atoms with Gasteiger partial charge in [-0.3, -0.25) is 0 Å². The molecule has 0 saturated heterocycles. The van der Waals surface area contributed by atoms with Crippen LogP contribution in [0.25, 0.3) is 27.3 Å². The molecule has 7 heteroatoms. The molecular weight excluding hydrogens is 446 g/mol. The summed E-state index contributed by atoms with van der Waals surface area (Å²) in [6.07, 6.45) is 1.88. The van der Waals surface area contributed by atoms with Crippen LogP contribution in [-0.4, -0.2) is 27.2 Å². The zero-order chi connectivity index (χ0) is 23.5. The topological polar surface area (TPSA) is 65.7 Å². The van der Waals surface area contributed by atoms with Crippen molar-refractivity contribution < 1.29 is 14.3 Å². The Morgan fingerprint density at radius 1 is 1.03 bits per heavy atom. The molecule has 0 fully saturated rings. The van der Waals surface area contributed by atoms with E-state index in [4.69, 9.17) is 14.5 Å². The Morgan fingerprint density at radius 2 is 1.76 bits per heavy atom. The minimum atomic E-state index is -0.369. The summed E-state index contributed by atoms with van der Waals surface area (Å²) in [6, 6.07) is 23.6. The van der Waals surface area contributed by atoms with E-state index in [0.29, 0.717) is 23.8 Å². The summed E-state index contributed by atoms with van der Waals surface area (Å²) in [5.74, 6) is 0.370. The Balaban J connectivity index is 1.56. The van der Waals surface area contributed by atoms with Gasteiger partial charge in [-0.1, -0.05) is 60.7 Å². The highest BCUT2D eigenvalue weighted by Gasteiger charge is 2.24. The molecule has 34 heavy (non-hydrogen) atoms. The van der Waals surface area contributed by atoms with Crippen LogP contribution in [-0.2, 0) is 11.3 Å². The molecule has 5 rings (SSSR count). The molecule has 0 saturated carbocycles. The molecule has 0 radical (unpaired) electrons. The molecule has 170 valence electrons. The van der Waals surface area contributed by atoms with Gasteiger partial charge in [-0.2, -0.15) is 5.10 Å². The fourth-order valence-electron chi connectivity index (χ4n) is 3.79. The molecule has 0 atom stereocenters. The SMILES string of the molecule is CCOC(=O)c1sc(-c2c(C)nn3ccc(OCc4ccccc4)cc23)nc1-c1ccccc1. The molecule has 3 aromatic heterocycles. The van der Waals surface area contributed by atoms with Crippen LogP contribution < -0.4 is 4.74 Å². The summed E-state index contributed by atoms with van der Waals surface area (Å²) in [5.41, 5.74) is 5.15. The molecule has 0 N–H and O–H groups in total. The second kappa shape index (κ2) is 9.49. The Bertz CT molecular complexity index is 1440. The van der Waals surface area contributed by atoms with Gasteiger partial charge in [0.25, 0.3) is 0 Å². The monoisotopic (exact) mass is 469 g/mol. The molecule has 0 amide bonds. The summed E-state index contributed by atoms with van der Waals surface area (Å²) < 4.78 is 13.2. The third-order valence-corrected chi connectivity index (χ3v) is 6.43. The van der Waals surface area contributed by atoms with E-state index in [0.717, 1.165) is 38.7 Å². The first-order chi connectivity index (χ1) is 16.6. The van der Waals surface area contributed by atoms with Gasteiger partial charge in [0, 0.05) is 17.8 Å². The normalized spacial score (nSPS) is 11.0. The van der Waals surface area contributed by atoms with Gasteiger partial charge < -0.3 is 9.47 Å². The van der Waals surface area contributed by atoms with E-state index in [-0.39, 0.29) is 5.97 Å². The molecule has 0 bridgehead atoms. The highest BCUT2D eigenvalue weighted by molar-refractivity contribution is 7.17. The quantitative estimate of drug-likeness (QED) is 0.266. The van der Waals surface area contributed by atoms with Crippen LogP contribution in [0.4, 0.5) is 0 Å². The van der Waals surface area contributed by atoms with Crippen molar-refractivity contribution in [2.45, 2.75) is 20.5 Å². The van der Waals surface area contributed by atoms with Crippen molar-refractivity contribution in [2.75, 3.05) is 6.61 Å². The van der Waals surface area contributed by atoms with E-state index in [1.807, 2.05) is 90.4 Å². The maximum atomic E-state index is 12.8. The summed E-state index contributed by atoms with van der Waals surface area (Å²) in [7, 11) is 0. The van der Waals surface area contributed by atoms with Crippen LogP contribution in [0.1, 0.15) is 27.9 Å². The standard InChI is InChI=1S/C27H23N3O3S/c1-3-32-27(31)25-24(20-12-8-5-9-13-20)28-26(34-25)23-18(2)29-30-15-14-21(16-22(23)30)33-17-19-10-6-4-7-11-19/h4-16H,3,17H2,1-2H3. The van der Waals surface area contributed by atoms with Gasteiger partial charge in [-0.25, -0.2) is 14.3 Å². The first kappa shape index (κ1) is 21.9. The Kier molecular flexibility index (Phi) is 6.10. The zero-order valence-corrected chi connectivity index (χ0v) is 19.7. The number of ether oxygens (including phenoxy) is 2. The average molecular weight is 470 g/mol. The van der Waals surface area contributed by atoms with Crippen molar-refractivity contribution in [1.82, 2.24) is 14.6 Å². The number of aromatic nitrogens is 3. The minimum absolute atomic E-state index is 0.304. The van der Waals surface area contributed by atoms with Gasteiger partial charge in [0.05, 0.1) is 29.1 Å². The lowest BCUT2D eigenvalue weighted by Gasteiger charge is -2.07. The number of pyridine rings is 1. The molecule has 6 nitrogen and oxygen atoms in total. The summed E-state index contributed by atoms with van der Waals surface area (Å²) >= 11 is 1.33. The lowest BCUT2D eigenvalue weighted by atomic mass is 10.1. The highest BCUT2D eigenvalue weighted by Crippen LogP contribution is 2.38. The summed E-state index contributed by atoms with van der Waals surface area (Å²) in [6.45, 7) is 4.52. The number of carbonyl (C=O) groups is 1. The first-order valence-electron chi connectivity index (χ1n) is 11.0. The van der Waals surface area contributed by atoms with Crippen molar-refractivity contribution in [3.63, 3.8) is 0 Å². The number of hydrogen-bond acceptors (Lipinski definition) is 6. The van der Waals surface area contributed by atoms with E-state index in [1.54, 1.807) is 6.92 Å². The zero-order valence-electron chi connectivity index (χ0n) is 18.9. The van der Waals surface area contributed by atoms with Gasteiger partial charge in [-0.05, 0) is 25.5 Å². The number of hydrogen-bond donors (Lipinski definition) is 0. The lowest BCUT2D eigenvalue weighted by molar-refractivity contribution is 0.0532. The highest BCUT2D eigenvalue weighted by atomic mass is 32.1.